The third kappa shape index (κ3) is 5.77. The van der Waals surface area contributed by atoms with E-state index in [0.717, 1.165) is 11.3 Å². The summed E-state index contributed by atoms with van der Waals surface area (Å²) in [5.74, 6) is 0.545. The van der Waals surface area contributed by atoms with Crippen molar-refractivity contribution in [1.82, 2.24) is 14.8 Å². The number of hydrogen-bond acceptors (Lipinski definition) is 4. The number of nitrogens with zero attached hydrogens (tertiary/aromatic N) is 3. The summed E-state index contributed by atoms with van der Waals surface area (Å²) in [5, 5.41) is 7.55. The average Bonchev–Trinajstić information content (AvgIpc) is 3.22. The minimum Gasteiger partial charge on any atom is -0.460 e. The van der Waals surface area contributed by atoms with E-state index in [9.17, 15) is 4.79 Å². The van der Waals surface area contributed by atoms with E-state index in [4.69, 9.17) is 4.74 Å². The minimum atomic E-state index is -0.146. The normalized spacial score (nSPS) is 11.5. The molecule has 0 spiro atoms. The lowest BCUT2D eigenvalue weighted by Gasteiger charge is -2.19. The number of ether oxygens (including phenoxy) is 1. The number of hydrogen-bond donors (Lipinski definition) is 1. The van der Waals surface area contributed by atoms with Gasteiger partial charge in [0.1, 0.15) is 0 Å². The number of amides is 1. The van der Waals surface area contributed by atoms with Crippen LogP contribution in [0.2, 0.25) is 0 Å². The molecular formula is C29H32N4O2. The molecule has 0 aliphatic heterocycles. The van der Waals surface area contributed by atoms with E-state index in [2.05, 4.69) is 36.2 Å². The summed E-state index contributed by atoms with van der Waals surface area (Å²) in [7, 11) is 0. The van der Waals surface area contributed by atoms with Crippen LogP contribution in [0.5, 0.6) is 6.01 Å². The maximum Gasteiger partial charge on any atom is 0.336 e. The first-order valence-electron chi connectivity index (χ1n) is 11.8. The Morgan fingerprint density at radius 3 is 2.11 bits per heavy atom. The molecule has 0 aliphatic rings. The van der Waals surface area contributed by atoms with Gasteiger partial charge in [0.2, 0.25) is 0 Å². The SMILES string of the molecule is Cc1ccc(-c2nc(OC(C)C)nn2-c2ccc(NC(=O)c3ccc(C(C)(C)C)cc3)cc2)cc1. The van der Waals surface area contributed by atoms with Gasteiger partial charge in [0.25, 0.3) is 5.91 Å². The van der Waals surface area contributed by atoms with Crippen LogP contribution in [-0.4, -0.2) is 26.8 Å². The van der Waals surface area contributed by atoms with Crippen LogP contribution in [0, 0.1) is 6.92 Å². The van der Waals surface area contributed by atoms with Gasteiger partial charge in [0.15, 0.2) is 5.82 Å². The van der Waals surface area contributed by atoms with Crippen molar-refractivity contribution in [1.29, 1.82) is 0 Å². The first-order chi connectivity index (χ1) is 16.6. The first kappa shape index (κ1) is 24.2. The summed E-state index contributed by atoms with van der Waals surface area (Å²) in [6.07, 6.45) is -0.0354. The van der Waals surface area contributed by atoms with Crippen LogP contribution < -0.4 is 10.1 Å². The second-order valence-corrected chi connectivity index (χ2v) is 9.99. The topological polar surface area (TPSA) is 69.0 Å². The molecule has 0 aliphatic carbocycles. The van der Waals surface area contributed by atoms with E-state index in [1.807, 2.05) is 93.6 Å². The predicted octanol–water partition coefficient (Wildman–Crippen LogP) is 6.58. The zero-order chi connectivity index (χ0) is 25.2. The van der Waals surface area contributed by atoms with Crippen LogP contribution in [0.4, 0.5) is 5.69 Å². The Morgan fingerprint density at radius 1 is 0.914 bits per heavy atom. The van der Waals surface area contributed by atoms with Gasteiger partial charge < -0.3 is 10.1 Å². The van der Waals surface area contributed by atoms with Crippen molar-refractivity contribution >= 4 is 11.6 Å². The lowest BCUT2D eigenvalue weighted by molar-refractivity contribution is 0.102. The standard InChI is InChI=1S/C29H32N4O2/c1-19(2)35-28-31-26(21-9-7-20(3)8-10-21)33(32-28)25-17-15-24(16-18-25)30-27(34)22-11-13-23(14-12-22)29(4,5)6/h7-19H,1-6H3,(H,30,34). The van der Waals surface area contributed by atoms with Gasteiger partial charge in [-0.2, -0.15) is 4.98 Å². The van der Waals surface area contributed by atoms with Crippen molar-refractivity contribution < 1.29 is 9.53 Å². The number of anilines is 1. The molecule has 6 nitrogen and oxygen atoms in total. The Bertz CT molecular complexity index is 1300. The largest absolute Gasteiger partial charge is 0.460 e. The fourth-order valence-electron chi connectivity index (χ4n) is 3.63. The molecule has 4 aromatic rings. The van der Waals surface area contributed by atoms with Crippen LogP contribution in [-0.2, 0) is 5.41 Å². The molecule has 0 unspecified atom stereocenters. The van der Waals surface area contributed by atoms with Gasteiger partial charge in [0.05, 0.1) is 11.8 Å². The summed E-state index contributed by atoms with van der Waals surface area (Å²) in [5.41, 5.74) is 5.49. The Kier molecular flexibility index (Phi) is 6.74. The summed E-state index contributed by atoms with van der Waals surface area (Å²) < 4.78 is 7.52. The number of benzene rings is 3. The fraction of sp³-hybridized carbons (Fsp3) is 0.276. The summed E-state index contributed by atoms with van der Waals surface area (Å²) >= 11 is 0. The third-order valence-electron chi connectivity index (χ3n) is 5.62. The molecule has 1 heterocycles. The van der Waals surface area contributed by atoms with Gasteiger partial charge in [-0.15, -0.1) is 5.10 Å². The molecule has 0 saturated carbocycles. The highest BCUT2D eigenvalue weighted by Crippen LogP contribution is 2.26. The fourth-order valence-corrected chi connectivity index (χ4v) is 3.63. The number of aryl methyl sites for hydroxylation is 1. The molecule has 0 atom stereocenters. The Hall–Kier alpha value is -3.93. The van der Waals surface area contributed by atoms with Gasteiger partial charge in [-0.05, 0) is 68.1 Å². The van der Waals surface area contributed by atoms with Crippen molar-refractivity contribution in [2.24, 2.45) is 0 Å². The molecule has 0 bridgehead atoms. The van der Waals surface area contributed by atoms with E-state index in [1.54, 1.807) is 4.68 Å². The second-order valence-electron chi connectivity index (χ2n) is 9.99. The number of carbonyl (C=O) groups is 1. The van der Waals surface area contributed by atoms with Crippen molar-refractivity contribution in [3.63, 3.8) is 0 Å². The molecule has 0 radical (unpaired) electrons. The Labute approximate surface area is 207 Å². The quantitative estimate of drug-likeness (QED) is 0.347. The molecule has 1 aromatic heterocycles. The highest BCUT2D eigenvalue weighted by Gasteiger charge is 2.17. The van der Waals surface area contributed by atoms with E-state index < -0.39 is 0 Å². The van der Waals surface area contributed by atoms with Gasteiger partial charge in [0, 0.05) is 16.8 Å². The van der Waals surface area contributed by atoms with Gasteiger partial charge >= 0.3 is 6.01 Å². The van der Waals surface area contributed by atoms with Crippen molar-refractivity contribution in [3.8, 4) is 23.1 Å². The highest BCUT2D eigenvalue weighted by atomic mass is 16.5. The smallest absolute Gasteiger partial charge is 0.336 e. The first-order valence-corrected chi connectivity index (χ1v) is 11.8. The number of nitrogens with one attached hydrogen (secondary N) is 1. The monoisotopic (exact) mass is 468 g/mol. The molecule has 1 N–H and O–H groups in total. The Balaban J connectivity index is 1.57. The van der Waals surface area contributed by atoms with E-state index in [-0.39, 0.29) is 17.4 Å². The Morgan fingerprint density at radius 2 is 1.54 bits per heavy atom. The van der Waals surface area contributed by atoms with Crippen molar-refractivity contribution in [3.05, 3.63) is 89.5 Å². The van der Waals surface area contributed by atoms with Crippen LogP contribution >= 0.6 is 0 Å². The lowest BCUT2D eigenvalue weighted by Crippen LogP contribution is -2.14. The predicted molar refractivity (Wildman–Crippen MR) is 140 cm³/mol. The molecule has 0 saturated heterocycles. The van der Waals surface area contributed by atoms with Crippen LogP contribution in [0.3, 0.4) is 0 Å². The molecule has 4 rings (SSSR count). The second kappa shape index (κ2) is 9.74. The molecular weight excluding hydrogens is 436 g/mol. The molecule has 6 heteroatoms. The highest BCUT2D eigenvalue weighted by molar-refractivity contribution is 6.04. The van der Waals surface area contributed by atoms with Crippen molar-refractivity contribution in [2.75, 3.05) is 5.32 Å². The molecule has 3 aromatic carbocycles. The van der Waals surface area contributed by atoms with E-state index >= 15 is 0 Å². The lowest BCUT2D eigenvalue weighted by atomic mass is 9.87. The molecule has 180 valence electrons. The maximum atomic E-state index is 12.7. The zero-order valence-corrected chi connectivity index (χ0v) is 21.2. The summed E-state index contributed by atoms with van der Waals surface area (Å²) in [4.78, 5) is 17.4. The zero-order valence-electron chi connectivity index (χ0n) is 21.2. The minimum absolute atomic E-state index is 0.0354. The van der Waals surface area contributed by atoms with Gasteiger partial charge in [-0.1, -0.05) is 62.7 Å². The molecule has 1 amide bonds. The molecule has 0 fully saturated rings. The maximum absolute atomic E-state index is 12.7. The van der Waals surface area contributed by atoms with Crippen molar-refractivity contribution in [2.45, 2.75) is 53.1 Å². The third-order valence-corrected chi connectivity index (χ3v) is 5.62. The number of aromatic nitrogens is 3. The van der Waals surface area contributed by atoms with Gasteiger partial charge in [-0.3, -0.25) is 4.79 Å². The summed E-state index contributed by atoms with van der Waals surface area (Å²) in [6.45, 7) is 12.4. The molecule has 35 heavy (non-hydrogen) atoms. The summed E-state index contributed by atoms with van der Waals surface area (Å²) in [6, 6.07) is 23.7. The van der Waals surface area contributed by atoms with Gasteiger partial charge in [-0.25, -0.2) is 4.68 Å². The van der Waals surface area contributed by atoms with E-state index in [1.165, 1.54) is 11.1 Å². The number of carbonyl (C=O) groups excluding carboxylic acids is 1. The van der Waals surface area contributed by atoms with Crippen LogP contribution in [0.25, 0.3) is 17.1 Å². The van der Waals surface area contributed by atoms with E-state index in [0.29, 0.717) is 23.1 Å². The van der Waals surface area contributed by atoms with Crippen LogP contribution in [0.1, 0.15) is 56.1 Å². The van der Waals surface area contributed by atoms with Crippen LogP contribution in [0.15, 0.2) is 72.8 Å². The average molecular weight is 469 g/mol. The number of rotatable bonds is 6.